The molecule has 2 amide bonds. The first kappa shape index (κ1) is 18.5. The van der Waals surface area contributed by atoms with Gasteiger partial charge in [0.15, 0.2) is 0 Å². The van der Waals surface area contributed by atoms with Gasteiger partial charge in [-0.2, -0.15) is 0 Å². The number of aryl methyl sites for hydroxylation is 3. The average molecular weight is 369 g/mol. The number of hydrogen-bond acceptors (Lipinski definition) is 3. The number of rotatable bonds is 4. The Labute approximate surface area is 159 Å². The van der Waals surface area contributed by atoms with Crippen LogP contribution in [0.5, 0.6) is 0 Å². The van der Waals surface area contributed by atoms with Gasteiger partial charge in [0.25, 0.3) is 0 Å². The van der Waals surface area contributed by atoms with E-state index >= 15 is 0 Å². The predicted molar refractivity (Wildman–Crippen MR) is 107 cm³/mol. The van der Waals surface area contributed by atoms with Crippen molar-refractivity contribution in [3.8, 4) is 0 Å². The van der Waals surface area contributed by atoms with E-state index in [1.807, 2.05) is 63.2 Å². The van der Waals surface area contributed by atoms with Gasteiger partial charge < -0.3 is 10.2 Å². The van der Waals surface area contributed by atoms with Crippen LogP contribution in [0.15, 0.2) is 42.5 Å². The van der Waals surface area contributed by atoms with Gasteiger partial charge >= 0.3 is 0 Å². The van der Waals surface area contributed by atoms with Crippen LogP contribution in [0.1, 0.15) is 22.3 Å². The number of nitrogens with one attached hydrogen (secondary N) is 1. The topological polar surface area (TPSA) is 49.4 Å². The lowest BCUT2D eigenvalue weighted by Crippen LogP contribution is -2.45. The highest BCUT2D eigenvalue weighted by Crippen LogP contribution is 2.24. The first-order valence-electron chi connectivity index (χ1n) is 8.75. The van der Waals surface area contributed by atoms with Crippen LogP contribution in [0.3, 0.4) is 0 Å². The van der Waals surface area contributed by atoms with Gasteiger partial charge in [-0.3, -0.25) is 9.59 Å². The molecule has 26 heavy (non-hydrogen) atoms. The molecule has 0 bridgehead atoms. The summed E-state index contributed by atoms with van der Waals surface area (Å²) < 4.78 is 0. The maximum absolute atomic E-state index is 12.7. The van der Waals surface area contributed by atoms with Gasteiger partial charge in [-0.25, -0.2) is 0 Å². The molecular weight excluding hydrogens is 344 g/mol. The number of thioether (sulfide) groups is 1. The number of carbonyl (C=O) groups excluding carboxylic acids is 2. The number of hydrogen-bond donors (Lipinski definition) is 1. The molecule has 2 aromatic carbocycles. The summed E-state index contributed by atoms with van der Waals surface area (Å²) >= 11 is 1.62. The van der Waals surface area contributed by atoms with E-state index in [2.05, 4.69) is 5.32 Å². The lowest BCUT2D eigenvalue weighted by molar-refractivity contribution is -0.135. The Hall–Kier alpha value is -2.27. The van der Waals surface area contributed by atoms with Crippen molar-refractivity contribution < 1.29 is 9.59 Å². The number of benzene rings is 2. The van der Waals surface area contributed by atoms with Gasteiger partial charge in [-0.05, 0) is 49.6 Å². The molecule has 1 atom stereocenters. The van der Waals surface area contributed by atoms with Gasteiger partial charge in [0, 0.05) is 11.4 Å². The minimum Gasteiger partial charge on any atom is -0.324 e. The molecule has 136 valence electrons. The summed E-state index contributed by atoms with van der Waals surface area (Å²) in [5.74, 6) is 1.08. The SMILES string of the molecule is Cc1ccc(CC(=O)N2CSCC2C(=O)Nc2ccc(C)c(C)c2)cc1. The van der Waals surface area contributed by atoms with E-state index in [4.69, 9.17) is 0 Å². The molecule has 4 nitrogen and oxygen atoms in total. The molecule has 1 heterocycles. The Kier molecular flexibility index (Phi) is 5.67. The average Bonchev–Trinajstić information content (AvgIpc) is 3.10. The molecule has 0 aromatic heterocycles. The highest BCUT2D eigenvalue weighted by atomic mass is 32.2. The van der Waals surface area contributed by atoms with E-state index in [1.54, 1.807) is 16.7 Å². The van der Waals surface area contributed by atoms with Crippen LogP contribution >= 0.6 is 11.8 Å². The third kappa shape index (κ3) is 4.28. The van der Waals surface area contributed by atoms with Crippen LogP contribution in [-0.4, -0.2) is 34.4 Å². The van der Waals surface area contributed by atoms with Crippen LogP contribution in [0.25, 0.3) is 0 Å². The Bertz CT molecular complexity index is 817. The van der Waals surface area contributed by atoms with Crippen molar-refractivity contribution in [1.82, 2.24) is 4.90 Å². The van der Waals surface area contributed by atoms with Crippen molar-refractivity contribution in [3.05, 3.63) is 64.7 Å². The fourth-order valence-electron chi connectivity index (χ4n) is 2.93. The zero-order chi connectivity index (χ0) is 18.7. The van der Waals surface area contributed by atoms with E-state index in [-0.39, 0.29) is 11.8 Å². The van der Waals surface area contributed by atoms with Crippen molar-refractivity contribution in [2.45, 2.75) is 33.2 Å². The van der Waals surface area contributed by atoms with Crippen LogP contribution < -0.4 is 5.32 Å². The molecule has 1 unspecified atom stereocenters. The molecule has 1 aliphatic heterocycles. The molecule has 1 saturated heterocycles. The van der Waals surface area contributed by atoms with Crippen LogP contribution in [-0.2, 0) is 16.0 Å². The first-order chi connectivity index (χ1) is 12.4. The van der Waals surface area contributed by atoms with Crippen molar-refractivity contribution in [3.63, 3.8) is 0 Å². The lowest BCUT2D eigenvalue weighted by atomic mass is 10.1. The molecule has 0 spiro atoms. The summed E-state index contributed by atoms with van der Waals surface area (Å²) in [4.78, 5) is 27.1. The second-order valence-electron chi connectivity index (χ2n) is 6.83. The lowest BCUT2D eigenvalue weighted by Gasteiger charge is -2.23. The smallest absolute Gasteiger partial charge is 0.248 e. The molecule has 5 heteroatoms. The van der Waals surface area contributed by atoms with E-state index in [9.17, 15) is 9.59 Å². The second kappa shape index (κ2) is 7.96. The van der Waals surface area contributed by atoms with E-state index in [0.29, 0.717) is 18.1 Å². The first-order valence-corrected chi connectivity index (χ1v) is 9.90. The molecule has 0 aliphatic carbocycles. The second-order valence-corrected chi connectivity index (χ2v) is 7.83. The van der Waals surface area contributed by atoms with Crippen molar-refractivity contribution in [1.29, 1.82) is 0 Å². The summed E-state index contributed by atoms with van der Waals surface area (Å²) in [5.41, 5.74) is 5.25. The third-order valence-corrected chi connectivity index (χ3v) is 5.77. The molecule has 2 aromatic rings. The summed E-state index contributed by atoms with van der Waals surface area (Å²) in [5, 5.41) is 2.96. The molecule has 3 rings (SSSR count). The molecule has 1 aliphatic rings. The van der Waals surface area contributed by atoms with Gasteiger partial charge in [-0.15, -0.1) is 11.8 Å². The monoisotopic (exact) mass is 368 g/mol. The summed E-state index contributed by atoms with van der Waals surface area (Å²) in [6, 6.07) is 13.4. The molecule has 0 radical (unpaired) electrons. The van der Waals surface area contributed by atoms with E-state index in [1.165, 1.54) is 11.1 Å². The Morgan fingerprint density at radius 2 is 1.81 bits per heavy atom. The van der Waals surface area contributed by atoms with Gasteiger partial charge in [0.1, 0.15) is 6.04 Å². The van der Waals surface area contributed by atoms with Gasteiger partial charge in [-0.1, -0.05) is 35.9 Å². The minimum atomic E-state index is -0.417. The number of anilines is 1. The fraction of sp³-hybridized carbons (Fsp3) is 0.333. The zero-order valence-corrected chi connectivity index (χ0v) is 16.2. The predicted octanol–water partition coefficient (Wildman–Crippen LogP) is 3.69. The minimum absolute atomic E-state index is 0.000843. The number of carbonyl (C=O) groups is 2. The summed E-state index contributed by atoms with van der Waals surface area (Å²) in [6.07, 6.45) is 0.328. The zero-order valence-electron chi connectivity index (χ0n) is 15.4. The maximum Gasteiger partial charge on any atom is 0.248 e. The van der Waals surface area contributed by atoms with Crippen molar-refractivity contribution in [2.24, 2.45) is 0 Å². The van der Waals surface area contributed by atoms with E-state index in [0.717, 1.165) is 16.8 Å². The maximum atomic E-state index is 12.7. The van der Waals surface area contributed by atoms with Crippen LogP contribution in [0.2, 0.25) is 0 Å². The molecule has 1 N–H and O–H groups in total. The Morgan fingerprint density at radius 3 is 2.50 bits per heavy atom. The molecule has 1 fully saturated rings. The number of nitrogens with zero attached hydrogens (tertiary/aromatic N) is 1. The highest BCUT2D eigenvalue weighted by molar-refractivity contribution is 7.99. The highest BCUT2D eigenvalue weighted by Gasteiger charge is 2.34. The van der Waals surface area contributed by atoms with Gasteiger partial charge in [0.05, 0.1) is 12.3 Å². The fourth-order valence-corrected chi connectivity index (χ4v) is 4.11. The van der Waals surface area contributed by atoms with Crippen molar-refractivity contribution >= 4 is 29.3 Å². The third-order valence-electron chi connectivity index (χ3n) is 4.76. The quantitative estimate of drug-likeness (QED) is 0.895. The standard InChI is InChI=1S/C21H24N2O2S/c1-14-4-7-17(8-5-14)11-20(24)23-13-26-12-19(23)21(25)22-18-9-6-15(2)16(3)10-18/h4-10,19H,11-13H2,1-3H3,(H,22,25). The van der Waals surface area contributed by atoms with Crippen molar-refractivity contribution in [2.75, 3.05) is 16.9 Å². The molecular formula is C21H24N2O2S. The summed E-state index contributed by atoms with van der Waals surface area (Å²) in [6.45, 7) is 6.09. The Balaban J connectivity index is 1.66. The van der Waals surface area contributed by atoms with Crippen LogP contribution in [0, 0.1) is 20.8 Å². The van der Waals surface area contributed by atoms with Crippen LogP contribution in [0.4, 0.5) is 5.69 Å². The summed E-state index contributed by atoms with van der Waals surface area (Å²) in [7, 11) is 0. The number of amides is 2. The van der Waals surface area contributed by atoms with E-state index < -0.39 is 6.04 Å². The normalized spacial score (nSPS) is 16.6. The Morgan fingerprint density at radius 1 is 1.08 bits per heavy atom. The largest absolute Gasteiger partial charge is 0.324 e. The molecule has 0 saturated carbocycles. The van der Waals surface area contributed by atoms with Gasteiger partial charge in [0.2, 0.25) is 11.8 Å².